The molecule has 1 saturated heterocycles. The fraction of sp³-hybridized carbons (Fsp3) is 0.769. The molecule has 0 radical (unpaired) electrons. The van der Waals surface area contributed by atoms with Crippen LogP contribution in [0.15, 0.2) is 0 Å². The van der Waals surface area contributed by atoms with E-state index < -0.39 is 36.7 Å². The predicted octanol–water partition coefficient (Wildman–Crippen LogP) is 0.678. The van der Waals surface area contributed by atoms with Crippen molar-refractivity contribution in [3.63, 3.8) is 0 Å². The van der Waals surface area contributed by atoms with E-state index in [1.807, 2.05) is 0 Å². The van der Waals surface area contributed by atoms with Crippen molar-refractivity contribution in [2.75, 3.05) is 6.61 Å². The van der Waals surface area contributed by atoms with Crippen LogP contribution in [0.3, 0.4) is 0 Å². The van der Waals surface area contributed by atoms with Crippen LogP contribution in [-0.4, -0.2) is 42.6 Å². The molecule has 2 saturated carbocycles. The molecule has 0 amide bonds. The summed E-state index contributed by atoms with van der Waals surface area (Å²) in [6.07, 6.45) is 0.357. The third kappa shape index (κ3) is 2.36. The maximum Gasteiger partial charge on any atom is 0.377 e. The minimum absolute atomic E-state index is 0.0451. The molecule has 3 aliphatic rings. The van der Waals surface area contributed by atoms with Crippen molar-refractivity contribution < 1.29 is 37.4 Å². The summed E-state index contributed by atoms with van der Waals surface area (Å²) < 4.78 is 39.7. The van der Waals surface area contributed by atoms with Gasteiger partial charge in [0, 0.05) is 18.8 Å². The normalized spacial score (nSPS) is 36.5. The van der Waals surface area contributed by atoms with Gasteiger partial charge < -0.3 is 14.2 Å². The first-order valence-corrected chi connectivity index (χ1v) is 6.72. The van der Waals surface area contributed by atoms with E-state index in [0.29, 0.717) is 13.3 Å². The van der Waals surface area contributed by atoms with E-state index in [-0.39, 0.29) is 23.7 Å². The summed E-state index contributed by atoms with van der Waals surface area (Å²) in [4.78, 5) is 34.0. The molecule has 0 N–H and O–H groups in total. The number of carbonyl (C=O) groups is 3. The first kappa shape index (κ1) is 14.2. The lowest BCUT2D eigenvalue weighted by molar-refractivity contribution is -0.179. The molecule has 21 heavy (non-hydrogen) atoms. The van der Waals surface area contributed by atoms with Gasteiger partial charge in [0.2, 0.25) is 0 Å². The van der Waals surface area contributed by atoms with Crippen molar-refractivity contribution in [3.8, 4) is 0 Å². The van der Waals surface area contributed by atoms with Crippen LogP contribution in [0.1, 0.15) is 19.8 Å². The molecule has 116 valence electrons. The zero-order chi connectivity index (χ0) is 15.4. The van der Waals surface area contributed by atoms with E-state index in [2.05, 4.69) is 4.74 Å². The number of carbonyl (C=O) groups excluding carboxylic acids is 3. The van der Waals surface area contributed by atoms with Gasteiger partial charge in [0.15, 0.2) is 6.61 Å². The van der Waals surface area contributed by atoms with Gasteiger partial charge >= 0.3 is 23.8 Å². The molecule has 8 heteroatoms. The summed E-state index contributed by atoms with van der Waals surface area (Å²) in [5, 5.41) is 0. The lowest BCUT2D eigenvalue weighted by Crippen LogP contribution is -2.37. The lowest BCUT2D eigenvalue weighted by atomic mass is 9.88. The second kappa shape index (κ2) is 4.64. The zero-order valence-electron chi connectivity index (χ0n) is 11.2. The predicted molar refractivity (Wildman–Crippen MR) is 61.0 cm³/mol. The summed E-state index contributed by atoms with van der Waals surface area (Å²) >= 11 is 0. The van der Waals surface area contributed by atoms with Crippen molar-refractivity contribution in [2.24, 2.45) is 17.8 Å². The highest BCUT2D eigenvalue weighted by Gasteiger charge is 2.63. The maximum absolute atomic E-state index is 12.6. The highest BCUT2D eigenvalue weighted by Crippen LogP contribution is 2.55. The van der Waals surface area contributed by atoms with Crippen LogP contribution < -0.4 is 0 Å². The second-order valence-electron chi connectivity index (χ2n) is 5.82. The van der Waals surface area contributed by atoms with Crippen LogP contribution in [0.25, 0.3) is 0 Å². The molecule has 0 aromatic heterocycles. The molecule has 3 rings (SSSR count). The first-order chi connectivity index (χ1) is 9.77. The number of ether oxygens (including phenoxy) is 3. The topological polar surface area (TPSA) is 78.9 Å². The van der Waals surface area contributed by atoms with Crippen molar-refractivity contribution in [2.45, 2.75) is 37.9 Å². The minimum atomic E-state index is -3.65. The van der Waals surface area contributed by atoms with E-state index >= 15 is 0 Å². The number of alkyl halides is 2. The van der Waals surface area contributed by atoms with Gasteiger partial charge in [0.05, 0.1) is 5.92 Å². The Balaban J connectivity index is 1.53. The number of halogens is 2. The van der Waals surface area contributed by atoms with Gasteiger partial charge in [0.25, 0.3) is 0 Å². The van der Waals surface area contributed by atoms with Gasteiger partial charge in [-0.3, -0.25) is 4.79 Å². The van der Waals surface area contributed by atoms with Crippen LogP contribution in [0.5, 0.6) is 0 Å². The largest absolute Gasteiger partial charge is 0.458 e. The molecule has 0 aromatic rings. The van der Waals surface area contributed by atoms with E-state index in [1.165, 1.54) is 0 Å². The highest BCUT2D eigenvalue weighted by molar-refractivity contribution is 5.81. The number of esters is 3. The molecule has 1 heterocycles. The average Bonchev–Trinajstić information content (AvgIpc) is 2.99. The number of rotatable bonds is 4. The van der Waals surface area contributed by atoms with Gasteiger partial charge in [-0.2, -0.15) is 8.78 Å². The number of hydrogen-bond donors (Lipinski definition) is 0. The minimum Gasteiger partial charge on any atom is -0.458 e. The van der Waals surface area contributed by atoms with Gasteiger partial charge in [-0.15, -0.1) is 0 Å². The standard InChI is InChI=1S/C13H14F2O6/c1-13(14,15)12(18)19-4-8(16)20-9-5-2-6-7(3-5)11(17)21-10(6)9/h5-7,9-10H,2-4H2,1H3. The van der Waals surface area contributed by atoms with Crippen LogP contribution in [0.4, 0.5) is 8.78 Å². The molecule has 3 fully saturated rings. The van der Waals surface area contributed by atoms with E-state index in [1.54, 1.807) is 0 Å². The second-order valence-corrected chi connectivity index (χ2v) is 5.82. The van der Waals surface area contributed by atoms with E-state index in [9.17, 15) is 23.2 Å². The zero-order valence-corrected chi connectivity index (χ0v) is 11.2. The molecule has 1 aliphatic heterocycles. The molecule has 2 bridgehead atoms. The van der Waals surface area contributed by atoms with E-state index in [0.717, 1.165) is 6.42 Å². The van der Waals surface area contributed by atoms with Gasteiger partial charge in [0.1, 0.15) is 12.2 Å². The fourth-order valence-electron chi connectivity index (χ4n) is 3.50. The summed E-state index contributed by atoms with van der Waals surface area (Å²) in [5.74, 6) is -6.59. The summed E-state index contributed by atoms with van der Waals surface area (Å²) in [7, 11) is 0. The Morgan fingerprint density at radius 2 is 2.10 bits per heavy atom. The average molecular weight is 304 g/mol. The van der Waals surface area contributed by atoms with Crippen molar-refractivity contribution in [3.05, 3.63) is 0 Å². The Hall–Kier alpha value is -1.73. The van der Waals surface area contributed by atoms with Gasteiger partial charge in [-0.05, 0) is 12.8 Å². The van der Waals surface area contributed by atoms with Gasteiger partial charge in [-0.25, -0.2) is 9.59 Å². The molecule has 0 aromatic carbocycles. The smallest absolute Gasteiger partial charge is 0.377 e. The Bertz CT molecular complexity index is 499. The van der Waals surface area contributed by atoms with Crippen molar-refractivity contribution in [1.82, 2.24) is 0 Å². The first-order valence-electron chi connectivity index (χ1n) is 6.72. The Morgan fingerprint density at radius 1 is 1.38 bits per heavy atom. The SMILES string of the molecule is CC(F)(F)C(=O)OCC(=O)OC1C2CC3C(=O)OC1C3C2. The van der Waals surface area contributed by atoms with Crippen LogP contribution in [-0.2, 0) is 28.6 Å². The molecular formula is C13H14F2O6. The van der Waals surface area contributed by atoms with Crippen LogP contribution >= 0.6 is 0 Å². The maximum atomic E-state index is 12.6. The third-order valence-electron chi connectivity index (χ3n) is 4.36. The number of hydrogen-bond acceptors (Lipinski definition) is 6. The Kier molecular flexibility index (Phi) is 3.14. The molecular weight excluding hydrogens is 290 g/mol. The monoisotopic (exact) mass is 304 g/mol. The molecule has 0 spiro atoms. The molecule has 6 nitrogen and oxygen atoms in total. The van der Waals surface area contributed by atoms with Gasteiger partial charge in [-0.1, -0.05) is 0 Å². The Morgan fingerprint density at radius 3 is 2.76 bits per heavy atom. The lowest BCUT2D eigenvalue weighted by Gasteiger charge is -2.25. The fourth-order valence-corrected chi connectivity index (χ4v) is 3.50. The molecule has 2 aliphatic carbocycles. The number of fused-ring (bicyclic) bond motifs is 1. The van der Waals surface area contributed by atoms with Crippen molar-refractivity contribution >= 4 is 17.9 Å². The third-order valence-corrected chi connectivity index (χ3v) is 4.36. The molecule has 5 atom stereocenters. The quantitative estimate of drug-likeness (QED) is 0.561. The van der Waals surface area contributed by atoms with Crippen LogP contribution in [0.2, 0.25) is 0 Å². The van der Waals surface area contributed by atoms with Crippen molar-refractivity contribution in [1.29, 1.82) is 0 Å². The Labute approximate surface area is 118 Å². The van der Waals surface area contributed by atoms with E-state index in [4.69, 9.17) is 9.47 Å². The molecule has 5 unspecified atom stereocenters. The summed E-state index contributed by atoms with van der Waals surface area (Å²) in [6, 6.07) is 0. The summed E-state index contributed by atoms with van der Waals surface area (Å²) in [5.41, 5.74) is 0. The van der Waals surface area contributed by atoms with Crippen LogP contribution in [0, 0.1) is 17.8 Å². The highest BCUT2D eigenvalue weighted by atomic mass is 19.3. The summed E-state index contributed by atoms with van der Waals surface area (Å²) in [6.45, 7) is -0.491.